The zero-order valence-electron chi connectivity index (χ0n) is 21.1. The zero-order valence-corrected chi connectivity index (χ0v) is 24.4. The van der Waals surface area contributed by atoms with Crippen LogP contribution in [0, 0.1) is 0 Å². The predicted octanol–water partition coefficient (Wildman–Crippen LogP) is 9.81. The summed E-state index contributed by atoms with van der Waals surface area (Å²) >= 11 is 17.0. The highest BCUT2D eigenvalue weighted by Crippen LogP contribution is 2.21. The van der Waals surface area contributed by atoms with Gasteiger partial charge in [0.25, 0.3) is 0 Å². The molecule has 0 radical (unpaired) electrons. The minimum atomic E-state index is -2.90. The summed E-state index contributed by atoms with van der Waals surface area (Å²) in [5, 5.41) is 0. The Morgan fingerprint density at radius 1 is 0.667 bits per heavy atom. The van der Waals surface area contributed by atoms with Crippen LogP contribution in [-0.2, 0) is 4.43 Å². The quantitative estimate of drug-likeness (QED) is 0.0523. The first kappa shape index (κ1) is 30.9. The highest BCUT2D eigenvalue weighted by molar-refractivity contribution is 7.62. The second-order valence-electron chi connectivity index (χ2n) is 9.02. The van der Waals surface area contributed by atoms with Gasteiger partial charge in [-0.1, -0.05) is 134 Å². The summed E-state index contributed by atoms with van der Waals surface area (Å²) in [7, 11) is 0. The van der Waals surface area contributed by atoms with Gasteiger partial charge in [-0.2, -0.15) is 0 Å². The molecule has 7 heteroatoms. The van der Waals surface area contributed by atoms with Crippen molar-refractivity contribution >= 4 is 51.3 Å². The molecule has 0 saturated carbocycles. The molecule has 0 amide bonds. The average Bonchev–Trinajstić information content (AvgIpc) is 2.87. The Morgan fingerprint density at radius 2 is 1.17 bits per heavy atom. The second-order valence-corrected chi connectivity index (χ2v) is 16.7. The summed E-state index contributed by atoms with van der Waals surface area (Å²) in [6, 6.07) is 17.2. The van der Waals surface area contributed by atoms with Crippen molar-refractivity contribution < 1.29 is 14.0 Å². The van der Waals surface area contributed by atoms with E-state index in [0.717, 1.165) is 37.2 Å². The van der Waals surface area contributed by atoms with Gasteiger partial charge < -0.3 is 9.16 Å². The Hall–Kier alpha value is -1.30. The summed E-state index contributed by atoms with van der Waals surface area (Å²) in [5.74, 6) is 0.814. The topological polar surface area (TPSA) is 35.5 Å². The minimum absolute atomic E-state index is 0.00424. The predicted molar refractivity (Wildman–Crippen MR) is 156 cm³/mol. The lowest BCUT2D eigenvalue weighted by Crippen LogP contribution is -2.16. The number of rotatable bonds is 20. The Balaban J connectivity index is 1.40. The van der Waals surface area contributed by atoms with E-state index in [-0.39, 0.29) is 5.78 Å². The number of ether oxygens (including phenoxy) is 1. The number of ketones is 1. The molecule has 2 aromatic carbocycles. The van der Waals surface area contributed by atoms with Crippen molar-refractivity contribution in [3.63, 3.8) is 0 Å². The fraction of sp³-hybridized carbons (Fsp3) is 0.483. The first-order valence-corrected chi connectivity index (χ1v) is 18.1. The number of hydrogen-bond donors (Lipinski definition) is 0. The number of carbonyl (C=O) groups is 1. The number of hydrogen-bond acceptors (Lipinski definition) is 3. The molecule has 2 aromatic rings. The van der Waals surface area contributed by atoms with E-state index in [4.69, 9.17) is 42.4 Å². The zero-order chi connectivity index (χ0) is 25.9. The van der Waals surface area contributed by atoms with Gasteiger partial charge in [-0.05, 0) is 48.7 Å². The third kappa shape index (κ3) is 15.7. The molecule has 0 bridgehead atoms. The van der Waals surface area contributed by atoms with E-state index < -0.39 is 6.25 Å². The van der Waals surface area contributed by atoms with Gasteiger partial charge in [0.05, 0.1) is 6.61 Å². The van der Waals surface area contributed by atoms with Crippen LogP contribution < -0.4 is 4.74 Å². The molecule has 0 atom stereocenters. The van der Waals surface area contributed by atoms with Crippen LogP contribution in [0.15, 0.2) is 60.7 Å². The molecule has 0 saturated heterocycles. The van der Waals surface area contributed by atoms with Crippen LogP contribution in [-0.4, -0.2) is 25.2 Å². The van der Waals surface area contributed by atoms with Crippen LogP contribution in [0.4, 0.5) is 0 Å². The molecule has 0 aromatic heterocycles. The molecular formula is C29H39Cl3O3Si. The molecule has 0 fully saturated rings. The molecule has 0 aliphatic heterocycles. The SMILES string of the molecule is O=C(C=Cc1ccccc1)c1ccc(OCCCCCCCCCCCCCCO[Si](Cl)(Cl)Cl)cc1. The van der Waals surface area contributed by atoms with Gasteiger partial charge in [0.1, 0.15) is 5.75 Å². The molecule has 0 aliphatic carbocycles. The van der Waals surface area contributed by atoms with Crippen LogP contribution in [0.3, 0.4) is 0 Å². The number of benzene rings is 2. The smallest absolute Gasteiger partial charge is 0.493 e. The normalized spacial score (nSPS) is 11.8. The monoisotopic (exact) mass is 568 g/mol. The molecule has 0 spiro atoms. The minimum Gasteiger partial charge on any atom is -0.494 e. The lowest BCUT2D eigenvalue weighted by Gasteiger charge is -2.08. The van der Waals surface area contributed by atoms with Crippen LogP contribution in [0.25, 0.3) is 6.08 Å². The highest BCUT2D eigenvalue weighted by Gasteiger charge is 2.26. The van der Waals surface area contributed by atoms with Gasteiger partial charge in [-0.15, -0.1) is 0 Å². The molecule has 3 nitrogen and oxygen atoms in total. The molecule has 0 heterocycles. The van der Waals surface area contributed by atoms with E-state index in [9.17, 15) is 4.79 Å². The number of allylic oxidation sites excluding steroid dienone is 1. The maximum atomic E-state index is 12.3. The third-order valence-electron chi connectivity index (χ3n) is 5.94. The van der Waals surface area contributed by atoms with Crippen molar-refractivity contribution in [1.82, 2.24) is 0 Å². The van der Waals surface area contributed by atoms with Crippen molar-refractivity contribution in [3.8, 4) is 5.75 Å². The summed E-state index contributed by atoms with van der Waals surface area (Å²) in [6.07, 6.45) is 15.3. The standard InChI is InChI=1S/C29H39Cl3O3Si/c30-36(31,32)35-25-15-10-8-6-4-2-1-3-5-7-9-14-24-34-28-21-19-27(20-22-28)29(33)23-18-26-16-12-11-13-17-26/h11-13,16-23H,1-10,14-15,24-25H2. The second kappa shape index (κ2) is 18.9. The molecule has 36 heavy (non-hydrogen) atoms. The first-order chi connectivity index (χ1) is 17.4. The average molecular weight is 570 g/mol. The van der Waals surface area contributed by atoms with Crippen molar-refractivity contribution in [2.75, 3.05) is 13.2 Å². The van der Waals surface area contributed by atoms with Crippen LogP contribution in [0.5, 0.6) is 5.75 Å². The molecule has 0 aliphatic rings. The highest BCUT2D eigenvalue weighted by atomic mass is 35.8. The first-order valence-electron chi connectivity index (χ1n) is 13.1. The van der Waals surface area contributed by atoms with Gasteiger partial charge in [0.2, 0.25) is 0 Å². The molecular weight excluding hydrogens is 531 g/mol. The van der Waals surface area contributed by atoms with Crippen molar-refractivity contribution in [3.05, 3.63) is 71.8 Å². The Morgan fingerprint density at radius 3 is 1.69 bits per heavy atom. The van der Waals surface area contributed by atoms with E-state index in [1.54, 1.807) is 6.08 Å². The van der Waals surface area contributed by atoms with Gasteiger partial charge >= 0.3 is 6.25 Å². The van der Waals surface area contributed by atoms with Crippen LogP contribution in [0.1, 0.15) is 93.0 Å². The van der Waals surface area contributed by atoms with Crippen LogP contribution in [0.2, 0.25) is 0 Å². The maximum Gasteiger partial charge on any atom is 0.493 e. The molecule has 2 rings (SSSR count). The molecule has 0 unspecified atom stereocenters. The molecule has 198 valence electrons. The van der Waals surface area contributed by atoms with Crippen LogP contribution >= 0.6 is 33.2 Å². The van der Waals surface area contributed by atoms with Gasteiger partial charge in [0.15, 0.2) is 5.78 Å². The number of carbonyl (C=O) groups excluding carboxylic acids is 1. The number of halogens is 3. The van der Waals surface area contributed by atoms with E-state index in [1.165, 1.54) is 57.8 Å². The summed E-state index contributed by atoms with van der Waals surface area (Å²) in [6.45, 7) is 1.28. The Labute approximate surface area is 232 Å². The van der Waals surface area contributed by atoms with Crippen molar-refractivity contribution in [2.24, 2.45) is 0 Å². The maximum absolute atomic E-state index is 12.3. The van der Waals surface area contributed by atoms with E-state index >= 15 is 0 Å². The number of unbranched alkanes of at least 4 members (excludes halogenated alkanes) is 11. The largest absolute Gasteiger partial charge is 0.494 e. The lowest BCUT2D eigenvalue weighted by atomic mass is 10.1. The summed E-state index contributed by atoms with van der Waals surface area (Å²) in [5.41, 5.74) is 1.68. The Kier molecular flexibility index (Phi) is 16.2. The summed E-state index contributed by atoms with van der Waals surface area (Å²) < 4.78 is 11.0. The lowest BCUT2D eigenvalue weighted by molar-refractivity contribution is 0.104. The van der Waals surface area contributed by atoms with Crippen molar-refractivity contribution in [2.45, 2.75) is 77.0 Å². The third-order valence-corrected chi connectivity index (χ3v) is 7.45. The van der Waals surface area contributed by atoms with Gasteiger partial charge in [0, 0.05) is 12.2 Å². The molecule has 0 N–H and O–H groups in total. The van der Waals surface area contributed by atoms with Crippen molar-refractivity contribution in [1.29, 1.82) is 0 Å². The van der Waals surface area contributed by atoms with E-state index in [0.29, 0.717) is 12.2 Å². The fourth-order valence-electron chi connectivity index (χ4n) is 3.90. The van der Waals surface area contributed by atoms with E-state index in [1.807, 2.05) is 60.7 Å². The fourth-order valence-corrected chi connectivity index (χ4v) is 4.97. The van der Waals surface area contributed by atoms with Gasteiger partial charge in [-0.3, -0.25) is 4.79 Å². The summed E-state index contributed by atoms with van der Waals surface area (Å²) in [4.78, 5) is 12.3. The Bertz CT molecular complexity index is 868. The van der Waals surface area contributed by atoms with E-state index in [2.05, 4.69) is 0 Å². The van der Waals surface area contributed by atoms with Gasteiger partial charge in [-0.25, -0.2) is 0 Å².